The number of aliphatic hydroxyl groups excluding tert-OH is 1. The topological polar surface area (TPSA) is 45.4 Å². The van der Waals surface area contributed by atoms with Gasteiger partial charge in [-0.1, -0.05) is 0 Å². The van der Waals surface area contributed by atoms with Crippen molar-refractivity contribution in [2.75, 3.05) is 6.61 Å². The van der Waals surface area contributed by atoms with Gasteiger partial charge in [0.15, 0.2) is 0 Å². The zero-order chi connectivity index (χ0) is 10.7. The van der Waals surface area contributed by atoms with Crippen molar-refractivity contribution < 1.29 is 9.52 Å². The maximum atomic E-state index is 8.99. The fourth-order valence-corrected chi connectivity index (χ4v) is 2.03. The number of furan rings is 1. The Morgan fingerprint density at radius 2 is 2.40 bits per heavy atom. The highest BCUT2D eigenvalue weighted by atomic mass is 16.3. The fraction of sp³-hybridized carbons (Fsp3) is 0.667. The molecule has 1 heterocycles. The van der Waals surface area contributed by atoms with Crippen molar-refractivity contribution in [2.45, 2.75) is 38.3 Å². The van der Waals surface area contributed by atoms with Crippen LogP contribution >= 0.6 is 0 Å². The van der Waals surface area contributed by atoms with Crippen LogP contribution in [0.4, 0.5) is 0 Å². The summed E-state index contributed by atoms with van der Waals surface area (Å²) >= 11 is 0. The summed E-state index contributed by atoms with van der Waals surface area (Å²) in [6.07, 6.45) is 5.13. The molecule has 2 unspecified atom stereocenters. The minimum Gasteiger partial charge on any atom is -0.468 e. The Balaban J connectivity index is 1.88. The van der Waals surface area contributed by atoms with Gasteiger partial charge in [0.1, 0.15) is 5.76 Å². The van der Waals surface area contributed by atoms with Crippen molar-refractivity contribution in [3.8, 4) is 0 Å². The first-order chi connectivity index (χ1) is 7.31. The molecule has 2 N–H and O–H groups in total. The summed E-state index contributed by atoms with van der Waals surface area (Å²) in [4.78, 5) is 0. The van der Waals surface area contributed by atoms with E-state index in [0.717, 1.165) is 18.1 Å². The lowest BCUT2D eigenvalue weighted by Crippen LogP contribution is -2.34. The first kappa shape index (κ1) is 10.7. The molecule has 15 heavy (non-hydrogen) atoms. The van der Waals surface area contributed by atoms with E-state index in [4.69, 9.17) is 9.52 Å². The van der Waals surface area contributed by atoms with Crippen LogP contribution in [0.15, 0.2) is 22.8 Å². The van der Waals surface area contributed by atoms with Crippen molar-refractivity contribution in [1.82, 2.24) is 5.32 Å². The zero-order valence-corrected chi connectivity index (χ0v) is 9.15. The van der Waals surface area contributed by atoms with E-state index in [9.17, 15) is 0 Å². The quantitative estimate of drug-likeness (QED) is 0.754. The molecule has 0 bridgehead atoms. The summed E-state index contributed by atoms with van der Waals surface area (Å²) in [6.45, 7) is 2.37. The van der Waals surface area contributed by atoms with Gasteiger partial charge in [-0.15, -0.1) is 0 Å². The number of nitrogens with one attached hydrogen (secondary N) is 1. The molecule has 84 valence electrons. The second-order valence-electron chi connectivity index (χ2n) is 4.36. The Morgan fingerprint density at radius 3 is 2.93 bits per heavy atom. The highest BCUT2D eigenvalue weighted by Gasteiger charge is 2.31. The largest absolute Gasteiger partial charge is 0.468 e. The average molecular weight is 209 g/mol. The van der Waals surface area contributed by atoms with Crippen LogP contribution in [0.2, 0.25) is 0 Å². The van der Waals surface area contributed by atoms with E-state index in [1.165, 1.54) is 12.8 Å². The fourth-order valence-electron chi connectivity index (χ4n) is 2.03. The third kappa shape index (κ3) is 2.83. The number of hydrogen-bond donors (Lipinski definition) is 2. The third-order valence-corrected chi connectivity index (χ3v) is 3.07. The minimum absolute atomic E-state index is 0.233. The first-order valence-corrected chi connectivity index (χ1v) is 5.71. The van der Waals surface area contributed by atoms with Gasteiger partial charge in [0.2, 0.25) is 0 Å². The van der Waals surface area contributed by atoms with Gasteiger partial charge >= 0.3 is 0 Å². The summed E-state index contributed by atoms with van der Waals surface area (Å²) in [5.74, 6) is 1.73. The molecule has 3 nitrogen and oxygen atoms in total. The highest BCUT2D eigenvalue weighted by Crippen LogP contribution is 2.35. The first-order valence-electron chi connectivity index (χ1n) is 5.71. The van der Waals surface area contributed by atoms with Crippen molar-refractivity contribution in [1.29, 1.82) is 0 Å². The molecule has 3 heteroatoms. The molecule has 1 aliphatic carbocycles. The second-order valence-corrected chi connectivity index (χ2v) is 4.36. The molecule has 0 saturated heterocycles. The Hall–Kier alpha value is -0.800. The van der Waals surface area contributed by atoms with E-state index in [0.29, 0.717) is 6.04 Å². The molecule has 1 aliphatic rings. The predicted octanol–water partition coefficient (Wildman–Crippen LogP) is 2.09. The SMILES string of the molecule is CC(NC(CCO)C1CC1)c1ccco1. The molecular weight excluding hydrogens is 190 g/mol. The van der Waals surface area contributed by atoms with Gasteiger partial charge in [-0.25, -0.2) is 0 Å². The average Bonchev–Trinajstić information content (AvgIpc) is 2.92. The lowest BCUT2D eigenvalue weighted by atomic mass is 10.1. The second kappa shape index (κ2) is 4.81. The Kier molecular flexibility index (Phi) is 3.44. The van der Waals surface area contributed by atoms with Crippen LogP contribution in [0.5, 0.6) is 0 Å². The van der Waals surface area contributed by atoms with E-state index in [-0.39, 0.29) is 12.6 Å². The minimum atomic E-state index is 0.233. The monoisotopic (exact) mass is 209 g/mol. The van der Waals surface area contributed by atoms with Crippen LogP contribution in [0, 0.1) is 5.92 Å². The molecule has 0 amide bonds. The molecule has 0 radical (unpaired) electrons. The van der Waals surface area contributed by atoms with Crippen LogP contribution < -0.4 is 5.32 Å². The van der Waals surface area contributed by atoms with Crippen LogP contribution in [-0.4, -0.2) is 17.8 Å². The molecule has 1 fully saturated rings. The summed E-state index contributed by atoms with van der Waals surface area (Å²) in [5, 5.41) is 12.5. The third-order valence-electron chi connectivity index (χ3n) is 3.07. The Labute approximate surface area is 90.5 Å². The van der Waals surface area contributed by atoms with Crippen LogP contribution in [0.3, 0.4) is 0 Å². The van der Waals surface area contributed by atoms with Gasteiger partial charge in [-0.3, -0.25) is 0 Å². The zero-order valence-electron chi connectivity index (χ0n) is 9.15. The van der Waals surface area contributed by atoms with Crippen LogP contribution in [0.25, 0.3) is 0 Å². The van der Waals surface area contributed by atoms with Crippen molar-refractivity contribution in [2.24, 2.45) is 5.92 Å². The van der Waals surface area contributed by atoms with Gasteiger partial charge in [0, 0.05) is 12.6 Å². The van der Waals surface area contributed by atoms with E-state index < -0.39 is 0 Å². The number of rotatable bonds is 6. The van der Waals surface area contributed by atoms with E-state index in [2.05, 4.69) is 12.2 Å². The normalized spacial score (nSPS) is 20.1. The standard InChI is InChI=1S/C12H19NO2/c1-9(12-3-2-8-15-12)13-11(6-7-14)10-4-5-10/h2-3,8-11,13-14H,4-7H2,1H3. The molecule has 0 spiro atoms. The van der Waals surface area contributed by atoms with Crippen LogP contribution in [-0.2, 0) is 0 Å². The lowest BCUT2D eigenvalue weighted by Gasteiger charge is -2.21. The molecule has 1 aromatic rings. The van der Waals surface area contributed by atoms with E-state index in [1.54, 1.807) is 6.26 Å². The molecule has 2 rings (SSSR count). The van der Waals surface area contributed by atoms with Gasteiger partial charge in [0.05, 0.1) is 12.3 Å². The summed E-state index contributed by atoms with van der Waals surface area (Å²) in [6, 6.07) is 4.57. The van der Waals surface area contributed by atoms with E-state index >= 15 is 0 Å². The smallest absolute Gasteiger partial charge is 0.120 e. The number of hydrogen-bond acceptors (Lipinski definition) is 3. The summed E-state index contributed by atoms with van der Waals surface area (Å²) < 4.78 is 5.35. The van der Waals surface area contributed by atoms with Gasteiger partial charge in [0.25, 0.3) is 0 Å². The predicted molar refractivity (Wildman–Crippen MR) is 58.5 cm³/mol. The Bertz CT molecular complexity index is 280. The lowest BCUT2D eigenvalue weighted by molar-refractivity contribution is 0.246. The van der Waals surface area contributed by atoms with Crippen molar-refractivity contribution >= 4 is 0 Å². The summed E-state index contributed by atoms with van der Waals surface area (Å²) in [5.41, 5.74) is 0. The molecule has 2 atom stereocenters. The maximum absolute atomic E-state index is 8.99. The Morgan fingerprint density at radius 1 is 1.60 bits per heavy atom. The molecule has 1 saturated carbocycles. The molecular formula is C12H19NO2. The number of aliphatic hydroxyl groups is 1. The van der Waals surface area contributed by atoms with Gasteiger partial charge in [-0.2, -0.15) is 0 Å². The van der Waals surface area contributed by atoms with Crippen LogP contribution in [0.1, 0.15) is 38.0 Å². The van der Waals surface area contributed by atoms with E-state index in [1.807, 2.05) is 12.1 Å². The highest BCUT2D eigenvalue weighted by molar-refractivity contribution is 5.04. The molecule has 0 aromatic carbocycles. The van der Waals surface area contributed by atoms with Crippen molar-refractivity contribution in [3.05, 3.63) is 24.2 Å². The van der Waals surface area contributed by atoms with Gasteiger partial charge in [-0.05, 0) is 44.2 Å². The summed E-state index contributed by atoms with van der Waals surface area (Å²) in [7, 11) is 0. The molecule has 0 aliphatic heterocycles. The maximum Gasteiger partial charge on any atom is 0.120 e. The van der Waals surface area contributed by atoms with Gasteiger partial charge < -0.3 is 14.8 Å². The molecule has 1 aromatic heterocycles. The van der Waals surface area contributed by atoms with Crippen molar-refractivity contribution in [3.63, 3.8) is 0 Å².